The standard InChI is InChI=1S/C17H19NO3S/c1-12(15-8-6-13(20-2)11-16(15)21-3)18-17(19)9-7-14-5-4-10-22-14/h4-12H,1-3H3,(H,18,19)/b9-7+. The van der Waals surface area contributed by atoms with Crippen molar-refractivity contribution < 1.29 is 14.3 Å². The van der Waals surface area contributed by atoms with Crippen molar-refractivity contribution in [2.24, 2.45) is 0 Å². The lowest BCUT2D eigenvalue weighted by Crippen LogP contribution is -2.25. The van der Waals surface area contributed by atoms with Gasteiger partial charge in [0, 0.05) is 22.6 Å². The highest BCUT2D eigenvalue weighted by Gasteiger charge is 2.13. The maximum Gasteiger partial charge on any atom is 0.244 e. The Kier molecular flexibility index (Phi) is 5.61. The predicted molar refractivity (Wildman–Crippen MR) is 89.5 cm³/mol. The fourth-order valence-corrected chi connectivity index (χ4v) is 2.68. The van der Waals surface area contributed by atoms with Crippen LogP contribution in [0.4, 0.5) is 0 Å². The lowest BCUT2D eigenvalue weighted by Gasteiger charge is -2.17. The van der Waals surface area contributed by atoms with Gasteiger partial charge in [0.25, 0.3) is 0 Å². The highest BCUT2D eigenvalue weighted by molar-refractivity contribution is 7.10. The molecule has 1 unspecified atom stereocenters. The van der Waals surface area contributed by atoms with Crippen LogP contribution in [-0.2, 0) is 4.79 Å². The van der Waals surface area contributed by atoms with Gasteiger partial charge < -0.3 is 14.8 Å². The molecule has 0 saturated heterocycles. The number of methoxy groups -OCH3 is 2. The topological polar surface area (TPSA) is 47.6 Å². The highest BCUT2D eigenvalue weighted by Crippen LogP contribution is 2.29. The molecule has 5 heteroatoms. The zero-order valence-electron chi connectivity index (χ0n) is 12.8. The predicted octanol–water partition coefficient (Wildman–Crippen LogP) is 3.66. The van der Waals surface area contributed by atoms with Crippen molar-refractivity contribution in [2.75, 3.05) is 14.2 Å². The van der Waals surface area contributed by atoms with Crippen molar-refractivity contribution in [2.45, 2.75) is 13.0 Å². The first-order chi connectivity index (χ1) is 10.6. The zero-order chi connectivity index (χ0) is 15.9. The maximum absolute atomic E-state index is 12.0. The summed E-state index contributed by atoms with van der Waals surface area (Å²) in [6.07, 6.45) is 3.34. The number of hydrogen-bond acceptors (Lipinski definition) is 4. The minimum atomic E-state index is -0.165. The number of carbonyl (C=O) groups excluding carboxylic acids is 1. The smallest absolute Gasteiger partial charge is 0.244 e. The molecule has 0 fully saturated rings. The Morgan fingerprint density at radius 3 is 2.73 bits per heavy atom. The van der Waals surface area contributed by atoms with Crippen LogP contribution >= 0.6 is 11.3 Å². The summed E-state index contributed by atoms with van der Waals surface area (Å²) in [4.78, 5) is 13.0. The fourth-order valence-electron chi connectivity index (χ4n) is 2.06. The van der Waals surface area contributed by atoms with Crippen LogP contribution in [-0.4, -0.2) is 20.1 Å². The van der Waals surface area contributed by atoms with Gasteiger partial charge in [-0.2, -0.15) is 0 Å². The molecule has 1 atom stereocenters. The third-order valence-corrected chi connectivity index (χ3v) is 4.05. The van der Waals surface area contributed by atoms with Gasteiger partial charge in [-0.05, 0) is 36.6 Å². The molecule has 0 radical (unpaired) electrons. The van der Waals surface area contributed by atoms with E-state index in [2.05, 4.69) is 5.32 Å². The van der Waals surface area contributed by atoms with Crippen LogP contribution in [0.5, 0.6) is 11.5 Å². The molecule has 2 rings (SSSR count). The number of benzene rings is 1. The molecular formula is C17H19NO3S. The molecule has 1 heterocycles. The molecule has 4 nitrogen and oxygen atoms in total. The van der Waals surface area contributed by atoms with Crippen LogP contribution in [0.25, 0.3) is 6.08 Å². The summed E-state index contributed by atoms with van der Waals surface area (Å²) in [5, 5.41) is 4.90. The Balaban J connectivity index is 2.05. The van der Waals surface area contributed by atoms with Gasteiger partial charge in [0.2, 0.25) is 5.91 Å². The Morgan fingerprint density at radius 2 is 2.09 bits per heavy atom. The quantitative estimate of drug-likeness (QED) is 0.827. The minimum absolute atomic E-state index is 0.140. The van der Waals surface area contributed by atoms with Gasteiger partial charge >= 0.3 is 0 Å². The second kappa shape index (κ2) is 7.66. The minimum Gasteiger partial charge on any atom is -0.497 e. The molecule has 0 spiro atoms. The second-order valence-corrected chi connectivity index (χ2v) is 5.67. The number of amides is 1. The summed E-state index contributed by atoms with van der Waals surface area (Å²) in [5.41, 5.74) is 0.904. The van der Waals surface area contributed by atoms with E-state index in [0.717, 1.165) is 16.2 Å². The van der Waals surface area contributed by atoms with Crippen molar-refractivity contribution in [1.82, 2.24) is 5.32 Å². The monoisotopic (exact) mass is 317 g/mol. The molecule has 1 N–H and O–H groups in total. The maximum atomic E-state index is 12.0. The third kappa shape index (κ3) is 4.11. The summed E-state index contributed by atoms with van der Waals surface area (Å²) in [7, 11) is 3.21. The van der Waals surface area contributed by atoms with E-state index in [1.807, 2.05) is 36.6 Å². The molecule has 22 heavy (non-hydrogen) atoms. The van der Waals surface area contributed by atoms with Gasteiger partial charge in [0.15, 0.2) is 0 Å². The van der Waals surface area contributed by atoms with Crippen LogP contribution in [0.1, 0.15) is 23.4 Å². The van der Waals surface area contributed by atoms with Crippen molar-refractivity contribution in [3.8, 4) is 11.5 Å². The van der Waals surface area contributed by atoms with Crippen LogP contribution in [0.3, 0.4) is 0 Å². The van der Waals surface area contributed by atoms with Crippen molar-refractivity contribution in [1.29, 1.82) is 0 Å². The molecule has 2 aromatic rings. The third-order valence-electron chi connectivity index (χ3n) is 3.21. The van der Waals surface area contributed by atoms with E-state index >= 15 is 0 Å². The lowest BCUT2D eigenvalue weighted by molar-refractivity contribution is -0.117. The summed E-state index contributed by atoms with van der Waals surface area (Å²) < 4.78 is 10.5. The largest absolute Gasteiger partial charge is 0.497 e. The van der Waals surface area contributed by atoms with Crippen LogP contribution in [0.2, 0.25) is 0 Å². The number of thiophene rings is 1. The summed E-state index contributed by atoms with van der Waals surface area (Å²) in [6.45, 7) is 1.92. The first-order valence-electron chi connectivity index (χ1n) is 6.88. The Morgan fingerprint density at radius 1 is 1.27 bits per heavy atom. The first-order valence-corrected chi connectivity index (χ1v) is 7.76. The van der Waals surface area contributed by atoms with Gasteiger partial charge in [0.05, 0.1) is 20.3 Å². The van der Waals surface area contributed by atoms with Gasteiger partial charge in [-0.1, -0.05) is 6.07 Å². The van der Waals surface area contributed by atoms with E-state index in [4.69, 9.17) is 9.47 Å². The fraction of sp³-hybridized carbons (Fsp3) is 0.235. The number of nitrogens with one attached hydrogen (secondary N) is 1. The van der Waals surface area contributed by atoms with E-state index in [1.54, 1.807) is 43.8 Å². The molecule has 0 aliphatic rings. The molecule has 0 aliphatic carbocycles. The van der Waals surface area contributed by atoms with E-state index in [1.165, 1.54) is 0 Å². The molecule has 1 aromatic heterocycles. The van der Waals surface area contributed by atoms with E-state index in [0.29, 0.717) is 5.75 Å². The van der Waals surface area contributed by atoms with Crippen molar-refractivity contribution in [3.05, 3.63) is 52.2 Å². The van der Waals surface area contributed by atoms with E-state index < -0.39 is 0 Å². The van der Waals surface area contributed by atoms with E-state index in [-0.39, 0.29) is 11.9 Å². The Bertz CT molecular complexity index is 650. The van der Waals surface area contributed by atoms with Gasteiger partial charge in [-0.3, -0.25) is 4.79 Å². The lowest BCUT2D eigenvalue weighted by atomic mass is 10.1. The van der Waals surface area contributed by atoms with Crippen LogP contribution in [0.15, 0.2) is 41.8 Å². The molecule has 0 aliphatic heterocycles. The summed E-state index contributed by atoms with van der Waals surface area (Å²) >= 11 is 1.59. The number of ether oxygens (including phenoxy) is 2. The molecule has 1 amide bonds. The average Bonchev–Trinajstić information content (AvgIpc) is 3.05. The number of rotatable bonds is 6. The molecular weight excluding hydrogens is 298 g/mol. The zero-order valence-corrected chi connectivity index (χ0v) is 13.6. The Labute approximate surface area is 134 Å². The molecule has 0 saturated carbocycles. The normalized spacial score (nSPS) is 12.1. The van der Waals surface area contributed by atoms with Gasteiger partial charge in [-0.25, -0.2) is 0 Å². The Hall–Kier alpha value is -2.27. The molecule has 116 valence electrons. The van der Waals surface area contributed by atoms with Gasteiger partial charge in [-0.15, -0.1) is 11.3 Å². The SMILES string of the molecule is COc1ccc(C(C)NC(=O)/C=C/c2cccs2)c(OC)c1. The van der Waals surface area contributed by atoms with Crippen LogP contribution in [0, 0.1) is 0 Å². The second-order valence-electron chi connectivity index (χ2n) is 4.69. The molecule has 1 aromatic carbocycles. The first kappa shape index (κ1) is 16.1. The summed E-state index contributed by atoms with van der Waals surface area (Å²) in [5.74, 6) is 1.27. The van der Waals surface area contributed by atoms with E-state index in [9.17, 15) is 4.79 Å². The van der Waals surface area contributed by atoms with Crippen molar-refractivity contribution >= 4 is 23.3 Å². The van der Waals surface area contributed by atoms with Crippen molar-refractivity contribution in [3.63, 3.8) is 0 Å². The van der Waals surface area contributed by atoms with Gasteiger partial charge in [0.1, 0.15) is 11.5 Å². The highest BCUT2D eigenvalue weighted by atomic mass is 32.1. The summed E-state index contributed by atoms with van der Waals surface area (Å²) in [6, 6.07) is 9.30. The number of carbonyl (C=O) groups is 1. The van der Waals surface area contributed by atoms with Crippen LogP contribution < -0.4 is 14.8 Å². The number of hydrogen-bond donors (Lipinski definition) is 1. The average molecular weight is 317 g/mol. The molecule has 0 bridgehead atoms.